The van der Waals surface area contributed by atoms with E-state index in [2.05, 4.69) is 9.36 Å². The molecule has 1 aromatic heterocycles. The fourth-order valence-corrected chi connectivity index (χ4v) is 3.55. The smallest absolute Gasteiger partial charge is 0.314 e. The molecule has 2 N–H and O–H groups in total. The molecule has 1 aromatic carbocycles. The van der Waals surface area contributed by atoms with Crippen LogP contribution < -0.4 is 5.73 Å². The maximum atomic E-state index is 14.0. The number of benzene rings is 1. The quantitative estimate of drug-likeness (QED) is 0.923. The molecule has 3 rings (SSSR count). The number of aromatic nitrogens is 2. The number of carbonyl (C=O) groups is 1. The molecule has 0 spiro atoms. The molecule has 0 saturated carbocycles. The van der Waals surface area contributed by atoms with E-state index < -0.39 is 11.4 Å². The van der Waals surface area contributed by atoms with Gasteiger partial charge in [0.2, 0.25) is 0 Å². The molecule has 1 saturated heterocycles. The molecule has 1 aliphatic rings. The molecule has 0 aliphatic carbocycles. The zero-order valence-electron chi connectivity index (χ0n) is 11.5. The van der Waals surface area contributed by atoms with Gasteiger partial charge in [-0.2, -0.15) is 4.37 Å². The van der Waals surface area contributed by atoms with E-state index in [9.17, 15) is 9.18 Å². The Morgan fingerprint density at radius 2 is 2.33 bits per heavy atom. The zero-order chi connectivity index (χ0) is 15.0. The first-order valence-electron chi connectivity index (χ1n) is 6.61. The van der Waals surface area contributed by atoms with Crippen molar-refractivity contribution in [2.75, 3.05) is 13.1 Å². The summed E-state index contributed by atoms with van der Waals surface area (Å²) in [5.74, 6) is -0.256. The van der Waals surface area contributed by atoms with Gasteiger partial charge in [-0.3, -0.25) is 0 Å². The van der Waals surface area contributed by atoms with Gasteiger partial charge in [-0.05, 0) is 42.1 Å². The summed E-state index contributed by atoms with van der Waals surface area (Å²) >= 11 is 1.28. The third kappa shape index (κ3) is 2.27. The zero-order valence-corrected chi connectivity index (χ0v) is 12.4. The topological polar surface area (TPSA) is 72.1 Å². The summed E-state index contributed by atoms with van der Waals surface area (Å²) < 4.78 is 18.0. The highest BCUT2D eigenvalue weighted by atomic mass is 32.1. The summed E-state index contributed by atoms with van der Waals surface area (Å²) in [5, 5.41) is 0.787. The van der Waals surface area contributed by atoms with Gasteiger partial charge < -0.3 is 10.6 Å². The number of primary amides is 1. The van der Waals surface area contributed by atoms with Crippen LogP contribution in [-0.2, 0) is 5.41 Å². The Bertz CT molecular complexity index is 676. The second-order valence-electron chi connectivity index (χ2n) is 5.30. The Morgan fingerprint density at radius 1 is 1.52 bits per heavy atom. The molecule has 0 radical (unpaired) electrons. The Hall–Kier alpha value is -2.02. The SMILES string of the molecule is Cc1ccc(C2(c3ncns3)CCN(C(N)=O)C2)cc1F. The molecular formula is C14H15FN4OS. The number of hydrogen-bond acceptors (Lipinski definition) is 4. The summed E-state index contributed by atoms with van der Waals surface area (Å²) in [6, 6.07) is 4.71. The van der Waals surface area contributed by atoms with Crippen LogP contribution in [0, 0.1) is 12.7 Å². The number of hydrogen-bond donors (Lipinski definition) is 1. The predicted molar refractivity (Wildman–Crippen MR) is 77.6 cm³/mol. The number of urea groups is 1. The fourth-order valence-electron chi connectivity index (χ4n) is 2.81. The van der Waals surface area contributed by atoms with E-state index in [1.165, 1.54) is 23.9 Å². The maximum absolute atomic E-state index is 14.0. The molecule has 1 fully saturated rings. The molecule has 0 bridgehead atoms. The van der Waals surface area contributed by atoms with Gasteiger partial charge >= 0.3 is 6.03 Å². The Morgan fingerprint density at radius 3 is 2.90 bits per heavy atom. The average Bonchev–Trinajstić information content (AvgIpc) is 3.10. The molecule has 7 heteroatoms. The number of amides is 2. The Balaban J connectivity index is 2.09. The van der Waals surface area contributed by atoms with E-state index in [1.807, 2.05) is 6.07 Å². The first-order chi connectivity index (χ1) is 10.0. The van der Waals surface area contributed by atoms with Crippen molar-refractivity contribution in [2.24, 2.45) is 5.73 Å². The second-order valence-corrected chi connectivity index (χ2v) is 6.08. The highest BCUT2D eigenvalue weighted by molar-refractivity contribution is 7.05. The lowest BCUT2D eigenvalue weighted by molar-refractivity contribution is 0.216. The van der Waals surface area contributed by atoms with Gasteiger partial charge in [0.05, 0.1) is 5.41 Å². The van der Waals surface area contributed by atoms with Crippen molar-refractivity contribution in [3.05, 3.63) is 46.5 Å². The second kappa shape index (κ2) is 5.07. The van der Waals surface area contributed by atoms with E-state index in [4.69, 9.17) is 5.73 Å². The highest BCUT2D eigenvalue weighted by Gasteiger charge is 2.45. The molecule has 21 heavy (non-hydrogen) atoms. The van der Waals surface area contributed by atoms with Gasteiger partial charge in [-0.25, -0.2) is 14.2 Å². The number of likely N-dealkylation sites (tertiary alicyclic amines) is 1. The van der Waals surface area contributed by atoms with Crippen molar-refractivity contribution < 1.29 is 9.18 Å². The van der Waals surface area contributed by atoms with E-state index in [1.54, 1.807) is 17.9 Å². The molecule has 1 aliphatic heterocycles. The minimum Gasteiger partial charge on any atom is -0.351 e. The van der Waals surface area contributed by atoms with E-state index in [0.717, 1.165) is 10.6 Å². The standard InChI is InChI=1S/C14H15FN4OS/c1-9-2-3-10(6-11(9)15)14(12-17-8-18-21-12)4-5-19(7-14)13(16)20/h2-3,6,8H,4-5,7H2,1H3,(H2,16,20). The first-order valence-corrected chi connectivity index (χ1v) is 7.38. The normalized spacial score (nSPS) is 21.7. The average molecular weight is 306 g/mol. The third-order valence-corrected chi connectivity index (χ3v) is 4.94. The van der Waals surface area contributed by atoms with Crippen LogP contribution in [0.25, 0.3) is 0 Å². The number of carbonyl (C=O) groups excluding carboxylic acids is 1. The van der Waals surface area contributed by atoms with Gasteiger partial charge in [-0.1, -0.05) is 12.1 Å². The van der Waals surface area contributed by atoms with Gasteiger partial charge in [0, 0.05) is 13.1 Å². The lowest BCUT2D eigenvalue weighted by Gasteiger charge is -2.27. The molecule has 2 amide bonds. The van der Waals surface area contributed by atoms with E-state index in [0.29, 0.717) is 25.1 Å². The van der Waals surface area contributed by atoms with Crippen LogP contribution in [0.5, 0.6) is 0 Å². The van der Waals surface area contributed by atoms with Crippen LogP contribution in [0.2, 0.25) is 0 Å². The highest BCUT2D eigenvalue weighted by Crippen LogP contribution is 2.41. The largest absolute Gasteiger partial charge is 0.351 e. The molecule has 2 heterocycles. The third-order valence-electron chi connectivity index (χ3n) is 4.08. The number of nitrogens with zero attached hydrogens (tertiary/aromatic N) is 3. The van der Waals surface area contributed by atoms with Crippen molar-refractivity contribution in [3.63, 3.8) is 0 Å². The van der Waals surface area contributed by atoms with Crippen molar-refractivity contribution >= 4 is 17.6 Å². The minimum atomic E-state index is -0.523. The van der Waals surface area contributed by atoms with Gasteiger partial charge in [0.1, 0.15) is 17.2 Å². The van der Waals surface area contributed by atoms with Crippen LogP contribution >= 0.6 is 11.5 Å². The van der Waals surface area contributed by atoms with Crippen molar-refractivity contribution in [1.29, 1.82) is 0 Å². The lowest BCUT2D eigenvalue weighted by atomic mass is 9.80. The minimum absolute atomic E-state index is 0.256. The van der Waals surface area contributed by atoms with Crippen LogP contribution in [0.4, 0.5) is 9.18 Å². The fraction of sp³-hybridized carbons (Fsp3) is 0.357. The number of halogens is 1. The summed E-state index contributed by atoms with van der Waals surface area (Å²) in [7, 11) is 0. The van der Waals surface area contributed by atoms with Gasteiger partial charge in [-0.15, -0.1) is 0 Å². The lowest BCUT2D eigenvalue weighted by Crippen LogP contribution is -2.38. The molecule has 1 atom stereocenters. The van der Waals surface area contributed by atoms with Crippen molar-refractivity contribution in [2.45, 2.75) is 18.8 Å². The van der Waals surface area contributed by atoms with Gasteiger partial charge in [0.15, 0.2) is 0 Å². The van der Waals surface area contributed by atoms with E-state index in [-0.39, 0.29) is 5.82 Å². The monoisotopic (exact) mass is 306 g/mol. The van der Waals surface area contributed by atoms with Crippen LogP contribution in [-0.4, -0.2) is 33.4 Å². The maximum Gasteiger partial charge on any atom is 0.314 e. The number of aryl methyl sites for hydroxylation is 1. The molecule has 5 nitrogen and oxygen atoms in total. The van der Waals surface area contributed by atoms with Crippen LogP contribution in [0.15, 0.2) is 24.5 Å². The van der Waals surface area contributed by atoms with Gasteiger partial charge in [0.25, 0.3) is 0 Å². The Kier molecular flexibility index (Phi) is 3.36. The van der Waals surface area contributed by atoms with Crippen LogP contribution in [0.3, 0.4) is 0 Å². The summed E-state index contributed by atoms with van der Waals surface area (Å²) in [6.45, 7) is 2.66. The number of nitrogens with two attached hydrogens (primary N) is 1. The number of rotatable bonds is 2. The molecular weight excluding hydrogens is 291 g/mol. The molecule has 110 valence electrons. The summed E-state index contributed by atoms with van der Waals surface area (Å²) in [6.07, 6.45) is 2.15. The Labute approximate surface area is 125 Å². The van der Waals surface area contributed by atoms with Crippen LogP contribution in [0.1, 0.15) is 22.6 Å². The predicted octanol–water partition coefficient (Wildman–Crippen LogP) is 2.06. The molecule has 2 aromatic rings. The van der Waals surface area contributed by atoms with E-state index >= 15 is 0 Å². The summed E-state index contributed by atoms with van der Waals surface area (Å²) in [5.41, 5.74) is 6.27. The first kappa shape index (κ1) is 13.9. The van der Waals surface area contributed by atoms with Crippen molar-refractivity contribution in [1.82, 2.24) is 14.3 Å². The summed E-state index contributed by atoms with van der Waals surface area (Å²) in [4.78, 5) is 17.3. The molecule has 1 unspecified atom stereocenters. The van der Waals surface area contributed by atoms with Crippen molar-refractivity contribution in [3.8, 4) is 0 Å².